The second-order valence-corrected chi connectivity index (χ2v) is 3.15. The van der Waals surface area contributed by atoms with Crippen LogP contribution in [0.15, 0.2) is 0 Å². The van der Waals surface area contributed by atoms with Crippen molar-refractivity contribution in [1.29, 1.82) is 5.26 Å². The standard InChI is InChI=1S/C9H18N2O/c1-8(2)12-5-4-11-7-9(3)6-10/h8-9,11H,4-5,7H2,1-3H3. The molecule has 70 valence electrons. The second-order valence-electron chi connectivity index (χ2n) is 3.15. The molecule has 0 spiro atoms. The minimum absolute atomic E-state index is 0.0871. The first-order chi connectivity index (χ1) is 5.66. The van der Waals surface area contributed by atoms with Gasteiger partial charge in [0.05, 0.1) is 24.7 Å². The molecule has 0 aliphatic heterocycles. The molecule has 0 fully saturated rings. The average molecular weight is 170 g/mol. The van der Waals surface area contributed by atoms with Crippen LogP contribution in [-0.4, -0.2) is 25.8 Å². The predicted octanol–water partition coefficient (Wildman–Crippen LogP) is 1.16. The molecule has 1 N–H and O–H groups in total. The van der Waals surface area contributed by atoms with Crippen molar-refractivity contribution in [3.63, 3.8) is 0 Å². The zero-order valence-corrected chi connectivity index (χ0v) is 8.13. The molecule has 3 heteroatoms. The van der Waals surface area contributed by atoms with Crippen LogP contribution in [0.2, 0.25) is 0 Å². The molecular weight excluding hydrogens is 152 g/mol. The van der Waals surface area contributed by atoms with Gasteiger partial charge in [-0.1, -0.05) is 0 Å². The van der Waals surface area contributed by atoms with Crippen LogP contribution in [0.4, 0.5) is 0 Å². The number of hydrogen-bond donors (Lipinski definition) is 1. The minimum Gasteiger partial charge on any atom is -0.377 e. The summed E-state index contributed by atoms with van der Waals surface area (Å²) in [4.78, 5) is 0. The SMILES string of the molecule is CC(C#N)CNCCOC(C)C. The van der Waals surface area contributed by atoms with Crippen LogP contribution in [0.25, 0.3) is 0 Å². The van der Waals surface area contributed by atoms with Gasteiger partial charge in [-0.2, -0.15) is 5.26 Å². The van der Waals surface area contributed by atoms with Gasteiger partial charge in [0, 0.05) is 13.1 Å². The molecule has 1 unspecified atom stereocenters. The van der Waals surface area contributed by atoms with Crippen molar-refractivity contribution in [3.05, 3.63) is 0 Å². The monoisotopic (exact) mass is 170 g/mol. The van der Waals surface area contributed by atoms with Crippen LogP contribution in [0.5, 0.6) is 0 Å². The number of nitrogens with zero attached hydrogens (tertiary/aromatic N) is 1. The Morgan fingerprint density at radius 1 is 1.42 bits per heavy atom. The molecule has 0 bridgehead atoms. The topological polar surface area (TPSA) is 45.0 Å². The van der Waals surface area contributed by atoms with Gasteiger partial charge in [0.25, 0.3) is 0 Å². The van der Waals surface area contributed by atoms with Gasteiger partial charge < -0.3 is 10.1 Å². The normalized spacial score (nSPS) is 12.9. The highest BCUT2D eigenvalue weighted by Crippen LogP contribution is 1.88. The Hall–Kier alpha value is -0.590. The molecule has 0 amide bonds. The Balaban J connectivity index is 3.07. The van der Waals surface area contributed by atoms with Gasteiger partial charge in [0.1, 0.15) is 0 Å². The van der Waals surface area contributed by atoms with Gasteiger partial charge in [-0.3, -0.25) is 0 Å². The lowest BCUT2D eigenvalue weighted by Crippen LogP contribution is -2.25. The van der Waals surface area contributed by atoms with Crippen molar-refractivity contribution in [1.82, 2.24) is 5.32 Å². The summed E-state index contributed by atoms with van der Waals surface area (Å²) in [5.41, 5.74) is 0. The Labute approximate surface area is 74.7 Å². The first-order valence-corrected chi connectivity index (χ1v) is 4.38. The Kier molecular flexibility index (Phi) is 6.73. The molecule has 1 atom stereocenters. The number of rotatable bonds is 6. The molecule has 12 heavy (non-hydrogen) atoms. The first kappa shape index (κ1) is 11.4. The van der Waals surface area contributed by atoms with Crippen molar-refractivity contribution in [2.45, 2.75) is 26.9 Å². The summed E-state index contributed by atoms with van der Waals surface area (Å²) in [5, 5.41) is 11.6. The van der Waals surface area contributed by atoms with E-state index >= 15 is 0 Å². The van der Waals surface area contributed by atoms with Gasteiger partial charge >= 0.3 is 0 Å². The highest BCUT2D eigenvalue weighted by Gasteiger charge is 1.97. The highest BCUT2D eigenvalue weighted by atomic mass is 16.5. The highest BCUT2D eigenvalue weighted by molar-refractivity contribution is 4.79. The molecule has 0 heterocycles. The zero-order valence-electron chi connectivity index (χ0n) is 8.13. The summed E-state index contributed by atoms with van der Waals surface area (Å²) >= 11 is 0. The van der Waals surface area contributed by atoms with Crippen LogP contribution in [0, 0.1) is 17.2 Å². The van der Waals surface area contributed by atoms with Crippen molar-refractivity contribution in [2.24, 2.45) is 5.92 Å². The summed E-state index contributed by atoms with van der Waals surface area (Å²) in [5.74, 6) is 0.0871. The summed E-state index contributed by atoms with van der Waals surface area (Å²) in [6.45, 7) is 8.21. The third kappa shape index (κ3) is 7.52. The summed E-state index contributed by atoms with van der Waals surface area (Å²) in [6, 6.07) is 2.16. The summed E-state index contributed by atoms with van der Waals surface area (Å²) in [6.07, 6.45) is 0.292. The van der Waals surface area contributed by atoms with Crippen LogP contribution in [0.3, 0.4) is 0 Å². The van der Waals surface area contributed by atoms with E-state index in [0.717, 1.165) is 19.7 Å². The molecule has 0 saturated carbocycles. The van der Waals surface area contributed by atoms with Crippen LogP contribution in [0.1, 0.15) is 20.8 Å². The van der Waals surface area contributed by atoms with E-state index in [1.165, 1.54) is 0 Å². The third-order valence-electron chi connectivity index (χ3n) is 1.40. The van der Waals surface area contributed by atoms with E-state index in [-0.39, 0.29) is 5.92 Å². The van der Waals surface area contributed by atoms with Crippen molar-refractivity contribution in [2.75, 3.05) is 19.7 Å². The third-order valence-corrected chi connectivity index (χ3v) is 1.40. The molecular formula is C9H18N2O. The Morgan fingerprint density at radius 3 is 2.58 bits per heavy atom. The summed E-state index contributed by atoms with van der Waals surface area (Å²) in [7, 11) is 0. The van der Waals surface area contributed by atoms with E-state index in [0.29, 0.717) is 6.10 Å². The fraction of sp³-hybridized carbons (Fsp3) is 0.889. The van der Waals surface area contributed by atoms with Crippen LogP contribution in [-0.2, 0) is 4.74 Å². The van der Waals surface area contributed by atoms with E-state index in [4.69, 9.17) is 10.00 Å². The lowest BCUT2D eigenvalue weighted by molar-refractivity contribution is 0.0807. The summed E-state index contributed by atoms with van der Waals surface area (Å²) < 4.78 is 5.31. The van der Waals surface area contributed by atoms with Gasteiger partial charge in [-0.15, -0.1) is 0 Å². The molecule has 0 aromatic heterocycles. The number of hydrogen-bond acceptors (Lipinski definition) is 3. The fourth-order valence-corrected chi connectivity index (χ4v) is 0.731. The van der Waals surface area contributed by atoms with Crippen molar-refractivity contribution in [3.8, 4) is 6.07 Å². The van der Waals surface area contributed by atoms with Gasteiger partial charge in [0.15, 0.2) is 0 Å². The molecule has 0 aromatic rings. The zero-order chi connectivity index (χ0) is 9.40. The average Bonchev–Trinajstić information content (AvgIpc) is 2.03. The largest absolute Gasteiger partial charge is 0.377 e. The molecule has 0 aliphatic carbocycles. The molecule has 0 rings (SSSR count). The fourth-order valence-electron chi connectivity index (χ4n) is 0.731. The lowest BCUT2D eigenvalue weighted by Gasteiger charge is -2.08. The predicted molar refractivity (Wildman–Crippen MR) is 48.7 cm³/mol. The van der Waals surface area contributed by atoms with E-state index in [1.807, 2.05) is 20.8 Å². The Morgan fingerprint density at radius 2 is 2.08 bits per heavy atom. The molecule has 0 radical (unpaired) electrons. The molecule has 0 aliphatic rings. The second kappa shape index (κ2) is 7.08. The molecule has 0 saturated heterocycles. The Bertz CT molecular complexity index is 140. The maximum atomic E-state index is 8.46. The van der Waals surface area contributed by atoms with Crippen molar-refractivity contribution < 1.29 is 4.74 Å². The maximum Gasteiger partial charge on any atom is 0.0666 e. The first-order valence-electron chi connectivity index (χ1n) is 4.38. The van der Waals surface area contributed by atoms with Crippen LogP contribution >= 0.6 is 0 Å². The molecule has 3 nitrogen and oxygen atoms in total. The number of nitriles is 1. The van der Waals surface area contributed by atoms with E-state index in [9.17, 15) is 0 Å². The van der Waals surface area contributed by atoms with E-state index < -0.39 is 0 Å². The van der Waals surface area contributed by atoms with Gasteiger partial charge in [0.2, 0.25) is 0 Å². The van der Waals surface area contributed by atoms with Gasteiger partial charge in [-0.05, 0) is 20.8 Å². The minimum atomic E-state index is 0.0871. The lowest BCUT2D eigenvalue weighted by atomic mass is 10.2. The van der Waals surface area contributed by atoms with Crippen molar-refractivity contribution >= 4 is 0 Å². The number of nitrogens with one attached hydrogen (secondary N) is 1. The van der Waals surface area contributed by atoms with E-state index in [2.05, 4.69) is 11.4 Å². The molecule has 0 aromatic carbocycles. The van der Waals surface area contributed by atoms with Gasteiger partial charge in [-0.25, -0.2) is 0 Å². The van der Waals surface area contributed by atoms with Crippen LogP contribution < -0.4 is 5.32 Å². The van der Waals surface area contributed by atoms with E-state index in [1.54, 1.807) is 0 Å². The quantitative estimate of drug-likeness (QED) is 0.608. The smallest absolute Gasteiger partial charge is 0.0666 e. The number of ether oxygens (including phenoxy) is 1. The maximum absolute atomic E-state index is 8.46.